The molecule has 0 radical (unpaired) electrons. The van der Waals surface area contributed by atoms with Crippen molar-refractivity contribution in [3.8, 4) is 5.69 Å². The van der Waals surface area contributed by atoms with Crippen LogP contribution in [0.4, 0.5) is 0 Å². The highest BCUT2D eigenvalue weighted by atomic mass is 35.5. The van der Waals surface area contributed by atoms with Gasteiger partial charge in [-0.2, -0.15) is 10.1 Å². The van der Waals surface area contributed by atoms with Gasteiger partial charge in [-0.25, -0.2) is 18.2 Å². The lowest BCUT2D eigenvalue weighted by Gasteiger charge is -2.05. The van der Waals surface area contributed by atoms with Gasteiger partial charge >= 0.3 is 0 Å². The highest BCUT2D eigenvalue weighted by Crippen LogP contribution is 2.17. The summed E-state index contributed by atoms with van der Waals surface area (Å²) in [5.41, 5.74) is 11.6. The number of guanidine groups is 1. The maximum absolute atomic E-state index is 11.8. The Bertz CT molecular complexity index is 853. The fraction of sp³-hybridized carbons (Fsp3) is 0.0833. The summed E-state index contributed by atoms with van der Waals surface area (Å²) in [5.74, 6) is -0.945. The summed E-state index contributed by atoms with van der Waals surface area (Å²) in [6.07, 6.45) is 1.33. The molecule has 1 aromatic heterocycles. The first kappa shape index (κ1) is 18.6. The van der Waals surface area contributed by atoms with E-state index in [9.17, 15) is 13.2 Å². The number of carbonyl (C=O) groups is 1. The predicted molar refractivity (Wildman–Crippen MR) is 87.1 cm³/mol. The highest BCUT2D eigenvalue weighted by molar-refractivity contribution is 7.89. The van der Waals surface area contributed by atoms with Gasteiger partial charge in [0.05, 0.1) is 28.0 Å². The lowest BCUT2D eigenvalue weighted by molar-refractivity contribution is 0.100. The number of benzene rings is 1. The second-order valence-corrected chi connectivity index (χ2v) is 6.00. The Balaban J connectivity index is 0.00000264. The number of aromatic nitrogens is 2. The average molecular weight is 359 g/mol. The highest BCUT2D eigenvalue weighted by Gasteiger charge is 2.15. The molecule has 1 aromatic carbocycles. The second-order valence-electron chi connectivity index (χ2n) is 4.44. The van der Waals surface area contributed by atoms with Gasteiger partial charge in [0.1, 0.15) is 0 Å². The zero-order valence-electron chi connectivity index (χ0n) is 12.0. The molecule has 124 valence electrons. The molecule has 0 saturated carbocycles. The minimum atomic E-state index is -3.76. The Labute approximate surface area is 138 Å². The van der Waals surface area contributed by atoms with Crippen molar-refractivity contribution >= 4 is 34.3 Å². The third-order valence-corrected chi connectivity index (χ3v) is 3.81. The monoisotopic (exact) mass is 358 g/mol. The lowest BCUT2D eigenvalue weighted by atomic mass is 10.2. The summed E-state index contributed by atoms with van der Waals surface area (Å²) in [7, 11) is -3.76. The van der Waals surface area contributed by atoms with E-state index in [0.29, 0.717) is 11.4 Å². The molecule has 0 unspecified atom stereocenters. The van der Waals surface area contributed by atoms with E-state index in [-0.39, 0.29) is 28.8 Å². The van der Waals surface area contributed by atoms with Crippen molar-refractivity contribution in [1.82, 2.24) is 9.78 Å². The number of halogens is 1. The summed E-state index contributed by atoms with van der Waals surface area (Å²) in [5, 5.41) is 9.10. The van der Waals surface area contributed by atoms with Crippen LogP contribution in [-0.4, -0.2) is 30.1 Å². The van der Waals surface area contributed by atoms with Crippen LogP contribution in [0.5, 0.6) is 0 Å². The lowest BCUT2D eigenvalue weighted by Crippen LogP contribution is -2.24. The molecular formula is C12H15ClN6O3S. The van der Waals surface area contributed by atoms with Crippen LogP contribution in [0.25, 0.3) is 5.69 Å². The van der Waals surface area contributed by atoms with Gasteiger partial charge in [-0.1, -0.05) is 0 Å². The molecule has 0 saturated heterocycles. The van der Waals surface area contributed by atoms with E-state index in [2.05, 4.69) is 10.1 Å². The van der Waals surface area contributed by atoms with Crippen LogP contribution in [0, 0.1) is 6.92 Å². The SMILES string of the molecule is Cc1c(C(=O)N=C(N)N)cnn1-c1ccc(S(N)(=O)=O)cc1.Cl. The third-order valence-electron chi connectivity index (χ3n) is 2.88. The largest absolute Gasteiger partial charge is 0.370 e. The molecular weight excluding hydrogens is 344 g/mol. The number of primary sulfonamides is 1. The van der Waals surface area contributed by atoms with Crippen molar-refractivity contribution in [2.75, 3.05) is 0 Å². The van der Waals surface area contributed by atoms with Gasteiger partial charge in [0, 0.05) is 0 Å². The van der Waals surface area contributed by atoms with Crippen LogP contribution in [0.3, 0.4) is 0 Å². The van der Waals surface area contributed by atoms with E-state index < -0.39 is 15.9 Å². The second kappa shape index (κ2) is 6.77. The zero-order chi connectivity index (χ0) is 16.5. The Morgan fingerprint density at radius 1 is 1.22 bits per heavy atom. The van der Waals surface area contributed by atoms with E-state index in [4.69, 9.17) is 16.6 Å². The molecule has 0 aliphatic heterocycles. The van der Waals surface area contributed by atoms with Crippen LogP contribution in [0.15, 0.2) is 40.4 Å². The summed E-state index contributed by atoms with van der Waals surface area (Å²) >= 11 is 0. The van der Waals surface area contributed by atoms with E-state index in [1.807, 2.05) is 0 Å². The van der Waals surface area contributed by atoms with Crippen molar-refractivity contribution in [2.24, 2.45) is 21.6 Å². The molecule has 0 spiro atoms. The normalized spacial score (nSPS) is 10.7. The van der Waals surface area contributed by atoms with E-state index in [0.717, 1.165) is 0 Å². The topological polar surface area (TPSA) is 159 Å². The summed E-state index contributed by atoms with van der Waals surface area (Å²) in [6, 6.07) is 5.75. The number of sulfonamides is 1. The minimum Gasteiger partial charge on any atom is -0.370 e. The Hall–Kier alpha value is -2.43. The summed E-state index contributed by atoms with van der Waals surface area (Å²) in [6.45, 7) is 1.66. The first-order valence-electron chi connectivity index (χ1n) is 6.02. The molecule has 1 amide bonds. The number of aliphatic imine (C=N–C) groups is 1. The third kappa shape index (κ3) is 4.06. The zero-order valence-corrected chi connectivity index (χ0v) is 13.6. The van der Waals surface area contributed by atoms with E-state index in [1.165, 1.54) is 35.1 Å². The van der Waals surface area contributed by atoms with Crippen LogP contribution >= 0.6 is 12.4 Å². The molecule has 9 nitrogen and oxygen atoms in total. The van der Waals surface area contributed by atoms with Crippen molar-refractivity contribution in [1.29, 1.82) is 0 Å². The Morgan fingerprint density at radius 2 is 1.78 bits per heavy atom. The quantitative estimate of drug-likeness (QED) is 0.502. The first-order chi connectivity index (χ1) is 10.2. The van der Waals surface area contributed by atoms with Crippen LogP contribution in [0.1, 0.15) is 16.1 Å². The smallest absolute Gasteiger partial charge is 0.283 e. The fourth-order valence-corrected chi connectivity index (χ4v) is 2.35. The minimum absolute atomic E-state index is 0. The van der Waals surface area contributed by atoms with Gasteiger partial charge < -0.3 is 11.5 Å². The van der Waals surface area contributed by atoms with E-state index >= 15 is 0 Å². The molecule has 0 fully saturated rings. The van der Waals surface area contributed by atoms with Gasteiger partial charge in [0.25, 0.3) is 5.91 Å². The van der Waals surface area contributed by atoms with Gasteiger partial charge in [0.15, 0.2) is 5.96 Å². The number of nitrogens with zero attached hydrogens (tertiary/aromatic N) is 3. The molecule has 0 atom stereocenters. The molecule has 2 aromatic rings. The molecule has 11 heteroatoms. The fourth-order valence-electron chi connectivity index (χ4n) is 1.83. The molecule has 0 aliphatic carbocycles. The molecule has 0 aliphatic rings. The molecule has 2 rings (SSSR count). The molecule has 6 N–H and O–H groups in total. The van der Waals surface area contributed by atoms with Gasteiger partial charge in [0.2, 0.25) is 10.0 Å². The van der Waals surface area contributed by atoms with Crippen LogP contribution in [-0.2, 0) is 10.0 Å². The number of rotatable bonds is 3. The van der Waals surface area contributed by atoms with E-state index in [1.54, 1.807) is 6.92 Å². The van der Waals surface area contributed by atoms with Crippen molar-refractivity contribution in [2.45, 2.75) is 11.8 Å². The van der Waals surface area contributed by atoms with Crippen molar-refractivity contribution in [3.63, 3.8) is 0 Å². The van der Waals surface area contributed by atoms with Gasteiger partial charge in [-0.15, -0.1) is 12.4 Å². The Morgan fingerprint density at radius 3 is 2.26 bits per heavy atom. The van der Waals surface area contributed by atoms with Crippen molar-refractivity contribution in [3.05, 3.63) is 41.7 Å². The predicted octanol–water partition coefficient (Wildman–Crippen LogP) is -0.336. The van der Waals surface area contributed by atoms with Crippen molar-refractivity contribution < 1.29 is 13.2 Å². The standard InChI is InChI=1S/C12H14N6O3S.ClH/c1-7-10(11(19)17-12(13)14)6-16-18(7)8-2-4-9(5-3-8)22(15,20)21;/h2-6H,1H3,(H2,15,20,21)(H4,13,14,17,19);1H. The average Bonchev–Trinajstić information content (AvgIpc) is 2.79. The van der Waals surface area contributed by atoms with Gasteiger partial charge in [-0.3, -0.25) is 4.79 Å². The number of hydrogen-bond donors (Lipinski definition) is 3. The number of hydrogen-bond acceptors (Lipinski definition) is 4. The summed E-state index contributed by atoms with van der Waals surface area (Å²) < 4.78 is 23.9. The number of amides is 1. The molecule has 23 heavy (non-hydrogen) atoms. The number of carbonyl (C=O) groups excluding carboxylic acids is 1. The maximum Gasteiger partial charge on any atom is 0.283 e. The first-order valence-corrected chi connectivity index (χ1v) is 7.56. The van der Waals surface area contributed by atoms with Crippen LogP contribution in [0.2, 0.25) is 0 Å². The Kier molecular flexibility index (Phi) is 5.48. The summed E-state index contributed by atoms with van der Waals surface area (Å²) in [4.78, 5) is 15.2. The van der Waals surface area contributed by atoms with Crippen LogP contribution < -0.4 is 16.6 Å². The maximum atomic E-state index is 11.8. The number of nitrogens with two attached hydrogens (primary N) is 3. The van der Waals surface area contributed by atoms with Gasteiger partial charge in [-0.05, 0) is 31.2 Å². The molecule has 0 bridgehead atoms. The molecule has 1 heterocycles.